The van der Waals surface area contributed by atoms with Crippen LogP contribution in [0.4, 0.5) is 0 Å². The fourth-order valence-electron chi connectivity index (χ4n) is 1.24. The molecular formula is C11H9BrN2O2S. The highest BCUT2D eigenvalue weighted by Gasteiger charge is 2.12. The lowest BCUT2D eigenvalue weighted by atomic mass is 10.3. The summed E-state index contributed by atoms with van der Waals surface area (Å²) in [5, 5.41) is 2.47. The predicted octanol–water partition coefficient (Wildman–Crippen LogP) is 3.14. The van der Waals surface area contributed by atoms with Crippen molar-refractivity contribution in [2.75, 3.05) is 6.61 Å². The number of ether oxygens (including phenoxy) is 1. The van der Waals surface area contributed by atoms with Gasteiger partial charge in [0.2, 0.25) is 0 Å². The first-order valence-electron chi connectivity index (χ1n) is 4.95. The molecule has 0 aliphatic rings. The van der Waals surface area contributed by atoms with Gasteiger partial charge < -0.3 is 4.74 Å². The summed E-state index contributed by atoms with van der Waals surface area (Å²) in [6.45, 7) is 2.12. The monoisotopic (exact) mass is 312 g/mol. The molecule has 0 bridgehead atoms. The van der Waals surface area contributed by atoms with Crippen LogP contribution in [0.25, 0.3) is 10.6 Å². The maximum atomic E-state index is 11.5. The maximum absolute atomic E-state index is 11.5. The zero-order chi connectivity index (χ0) is 12.3. The number of rotatable bonds is 3. The van der Waals surface area contributed by atoms with Crippen molar-refractivity contribution >= 4 is 33.2 Å². The fourth-order valence-corrected chi connectivity index (χ4v) is 2.39. The SMILES string of the molecule is CCOC(=O)c1csc(-c2ccnc(Br)c2)n1. The largest absolute Gasteiger partial charge is 0.461 e. The Kier molecular flexibility index (Phi) is 3.86. The highest BCUT2D eigenvalue weighted by molar-refractivity contribution is 9.10. The van der Waals surface area contributed by atoms with Crippen LogP contribution in [0.3, 0.4) is 0 Å². The molecule has 2 heterocycles. The Morgan fingerprint density at radius 3 is 3.12 bits per heavy atom. The molecule has 4 nitrogen and oxygen atoms in total. The average Bonchev–Trinajstić information content (AvgIpc) is 2.78. The number of hydrogen-bond donors (Lipinski definition) is 0. The molecule has 2 rings (SSSR count). The minimum absolute atomic E-state index is 0.347. The van der Waals surface area contributed by atoms with Crippen molar-refractivity contribution in [3.63, 3.8) is 0 Å². The van der Waals surface area contributed by atoms with Crippen LogP contribution in [0.5, 0.6) is 0 Å². The van der Waals surface area contributed by atoms with Gasteiger partial charge in [-0.15, -0.1) is 11.3 Å². The lowest BCUT2D eigenvalue weighted by molar-refractivity contribution is 0.0520. The van der Waals surface area contributed by atoms with Crippen LogP contribution in [0, 0.1) is 0 Å². The summed E-state index contributed by atoms with van der Waals surface area (Å²) in [4.78, 5) is 19.7. The zero-order valence-corrected chi connectivity index (χ0v) is 11.4. The van der Waals surface area contributed by atoms with Gasteiger partial charge in [0.25, 0.3) is 0 Å². The lowest BCUT2D eigenvalue weighted by Crippen LogP contribution is -2.04. The Morgan fingerprint density at radius 1 is 1.59 bits per heavy atom. The van der Waals surface area contributed by atoms with Crippen LogP contribution in [0.15, 0.2) is 28.3 Å². The topological polar surface area (TPSA) is 52.1 Å². The third-order valence-electron chi connectivity index (χ3n) is 1.96. The average molecular weight is 313 g/mol. The third kappa shape index (κ3) is 2.89. The molecule has 0 saturated carbocycles. The van der Waals surface area contributed by atoms with Gasteiger partial charge in [0.15, 0.2) is 5.69 Å². The number of carbonyl (C=O) groups is 1. The third-order valence-corrected chi connectivity index (χ3v) is 3.29. The van der Waals surface area contributed by atoms with E-state index < -0.39 is 0 Å². The van der Waals surface area contributed by atoms with E-state index >= 15 is 0 Å². The molecule has 0 aromatic carbocycles. The summed E-state index contributed by atoms with van der Waals surface area (Å²) < 4.78 is 5.62. The van der Waals surface area contributed by atoms with Crippen molar-refractivity contribution in [3.05, 3.63) is 34.0 Å². The second kappa shape index (κ2) is 5.37. The highest BCUT2D eigenvalue weighted by Crippen LogP contribution is 2.25. The second-order valence-electron chi connectivity index (χ2n) is 3.13. The van der Waals surface area contributed by atoms with Gasteiger partial charge >= 0.3 is 5.97 Å². The van der Waals surface area contributed by atoms with E-state index in [1.165, 1.54) is 11.3 Å². The lowest BCUT2D eigenvalue weighted by Gasteiger charge is -1.97. The van der Waals surface area contributed by atoms with Crippen molar-refractivity contribution in [1.29, 1.82) is 0 Å². The summed E-state index contributed by atoms with van der Waals surface area (Å²) in [6.07, 6.45) is 1.69. The van der Waals surface area contributed by atoms with E-state index in [-0.39, 0.29) is 5.97 Å². The van der Waals surface area contributed by atoms with E-state index in [1.54, 1.807) is 18.5 Å². The standard InChI is InChI=1S/C11H9BrN2O2S/c1-2-16-11(15)8-6-17-10(14-8)7-3-4-13-9(12)5-7/h3-6H,2H2,1H3. The number of carbonyl (C=O) groups excluding carboxylic acids is 1. The van der Waals surface area contributed by atoms with E-state index in [1.807, 2.05) is 12.1 Å². The van der Waals surface area contributed by atoms with Gasteiger partial charge in [0.05, 0.1) is 6.61 Å². The molecule has 2 aromatic rings. The van der Waals surface area contributed by atoms with Crippen LogP contribution in [-0.2, 0) is 4.74 Å². The van der Waals surface area contributed by atoms with Crippen LogP contribution < -0.4 is 0 Å². The maximum Gasteiger partial charge on any atom is 0.357 e. The van der Waals surface area contributed by atoms with Gasteiger partial charge in [-0.2, -0.15) is 0 Å². The van der Waals surface area contributed by atoms with E-state index in [2.05, 4.69) is 25.9 Å². The quantitative estimate of drug-likeness (QED) is 0.645. The number of aromatic nitrogens is 2. The smallest absolute Gasteiger partial charge is 0.357 e. The van der Waals surface area contributed by atoms with Crippen molar-refractivity contribution in [2.45, 2.75) is 6.92 Å². The van der Waals surface area contributed by atoms with Gasteiger partial charge in [-0.05, 0) is 35.0 Å². The first-order valence-corrected chi connectivity index (χ1v) is 6.62. The molecule has 0 N–H and O–H groups in total. The summed E-state index contributed by atoms with van der Waals surface area (Å²) in [5.41, 5.74) is 1.27. The van der Waals surface area contributed by atoms with E-state index in [0.717, 1.165) is 15.2 Å². The summed E-state index contributed by atoms with van der Waals surface area (Å²) >= 11 is 4.70. The Labute approximate surface area is 111 Å². The van der Waals surface area contributed by atoms with E-state index in [0.29, 0.717) is 12.3 Å². The highest BCUT2D eigenvalue weighted by atomic mass is 79.9. The van der Waals surface area contributed by atoms with Crippen molar-refractivity contribution in [3.8, 4) is 10.6 Å². The number of hydrogen-bond acceptors (Lipinski definition) is 5. The summed E-state index contributed by atoms with van der Waals surface area (Å²) in [5.74, 6) is -0.386. The van der Waals surface area contributed by atoms with Gasteiger partial charge in [-0.1, -0.05) is 0 Å². The van der Waals surface area contributed by atoms with Gasteiger partial charge in [-0.25, -0.2) is 14.8 Å². The van der Waals surface area contributed by atoms with E-state index in [4.69, 9.17) is 4.74 Å². The molecule has 17 heavy (non-hydrogen) atoms. The molecule has 0 spiro atoms. The molecule has 0 radical (unpaired) electrons. The molecule has 2 aromatic heterocycles. The molecular weight excluding hydrogens is 304 g/mol. The number of thiazole rings is 1. The van der Waals surface area contributed by atoms with Gasteiger partial charge in [-0.3, -0.25) is 0 Å². The Balaban J connectivity index is 2.27. The van der Waals surface area contributed by atoms with Crippen molar-refractivity contribution < 1.29 is 9.53 Å². The van der Waals surface area contributed by atoms with Gasteiger partial charge in [0, 0.05) is 17.1 Å². The molecule has 0 aliphatic heterocycles. The number of pyridine rings is 1. The molecule has 0 amide bonds. The van der Waals surface area contributed by atoms with Crippen LogP contribution in [-0.4, -0.2) is 22.5 Å². The van der Waals surface area contributed by atoms with Gasteiger partial charge in [0.1, 0.15) is 9.61 Å². The first-order chi connectivity index (χ1) is 8.20. The molecule has 0 saturated heterocycles. The normalized spacial score (nSPS) is 10.2. The van der Waals surface area contributed by atoms with Crippen molar-refractivity contribution in [2.24, 2.45) is 0 Å². The number of nitrogens with zero attached hydrogens (tertiary/aromatic N) is 2. The van der Waals surface area contributed by atoms with E-state index in [9.17, 15) is 4.79 Å². The Hall–Kier alpha value is -1.27. The summed E-state index contributed by atoms with van der Waals surface area (Å²) in [7, 11) is 0. The first kappa shape index (κ1) is 12.2. The van der Waals surface area contributed by atoms with Crippen LogP contribution in [0.1, 0.15) is 17.4 Å². The minimum Gasteiger partial charge on any atom is -0.461 e. The molecule has 0 fully saturated rings. The van der Waals surface area contributed by atoms with Crippen molar-refractivity contribution in [1.82, 2.24) is 9.97 Å². The molecule has 88 valence electrons. The minimum atomic E-state index is -0.386. The van der Waals surface area contributed by atoms with Crippen LogP contribution >= 0.6 is 27.3 Å². The number of esters is 1. The Morgan fingerprint density at radius 2 is 2.41 bits per heavy atom. The molecule has 0 atom stereocenters. The molecule has 0 unspecified atom stereocenters. The molecule has 0 aliphatic carbocycles. The Bertz CT molecular complexity index is 542. The fraction of sp³-hybridized carbons (Fsp3) is 0.182. The second-order valence-corrected chi connectivity index (χ2v) is 4.80. The predicted molar refractivity (Wildman–Crippen MR) is 69.0 cm³/mol. The van der Waals surface area contributed by atoms with Crippen LogP contribution in [0.2, 0.25) is 0 Å². The number of halogens is 1. The molecule has 6 heteroatoms. The zero-order valence-electron chi connectivity index (χ0n) is 9.01. The summed E-state index contributed by atoms with van der Waals surface area (Å²) in [6, 6.07) is 3.70.